The molecule has 0 atom stereocenters. The largest absolute Gasteiger partial charge is 0.384 e. The van der Waals surface area contributed by atoms with Crippen LogP contribution in [-0.2, 0) is 0 Å². The summed E-state index contributed by atoms with van der Waals surface area (Å²) in [5, 5.41) is 6.51. The van der Waals surface area contributed by atoms with Crippen molar-refractivity contribution < 1.29 is 9.59 Å². The Morgan fingerprint density at radius 3 is 2.60 bits per heavy atom. The van der Waals surface area contributed by atoms with Crippen molar-refractivity contribution in [3.05, 3.63) is 63.4 Å². The molecule has 1 aliphatic rings. The summed E-state index contributed by atoms with van der Waals surface area (Å²) in [5.74, 6) is -1.47. The van der Waals surface area contributed by atoms with Crippen LogP contribution in [0.1, 0.15) is 20.7 Å². The molecule has 9 nitrogen and oxygen atoms in total. The number of nitrogens with one attached hydrogen (secondary N) is 1. The van der Waals surface area contributed by atoms with Crippen LogP contribution >= 0.6 is 11.6 Å². The van der Waals surface area contributed by atoms with E-state index in [0.717, 1.165) is 10.6 Å². The summed E-state index contributed by atoms with van der Waals surface area (Å²) in [6.45, 7) is 0. The lowest BCUT2D eigenvalue weighted by Gasteiger charge is -2.15. The number of fused-ring (bicyclic) bond motifs is 1. The van der Waals surface area contributed by atoms with Gasteiger partial charge < -0.3 is 5.73 Å². The minimum absolute atomic E-state index is 0.0471. The molecule has 3 N–H and O–H groups in total. The van der Waals surface area contributed by atoms with Gasteiger partial charge in [0.25, 0.3) is 17.4 Å². The predicted octanol–water partition coefficient (Wildman–Crippen LogP) is 0.537. The van der Waals surface area contributed by atoms with Gasteiger partial charge in [0.1, 0.15) is 18.5 Å². The number of nitrogens with zero attached hydrogens (tertiary/aromatic N) is 4. The summed E-state index contributed by atoms with van der Waals surface area (Å²) in [5.41, 5.74) is 6.15. The molecule has 2 amide bonds. The average Bonchev–Trinajstić information content (AvgIpc) is 3.16. The van der Waals surface area contributed by atoms with Gasteiger partial charge in [-0.1, -0.05) is 11.6 Å². The standard InChI is InChI=1S/C15H9ClN6O3/c16-7-1-2-9(21-6-18-5-19-21)10(3-7)22-11(23)4-8-12(13(22)17)15(25)20-14(8)24/h1-6H,17H2,(H,20,24,25). The molecule has 4 rings (SSSR count). The smallest absolute Gasteiger partial charge is 0.262 e. The third-order valence-electron chi connectivity index (χ3n) is 3.80. The summed E-state index contributed by atoms with van der Waals surface area (Å²) in [6, 6.07) is 5.83. The van der Waals surface area contributed by atoms with E-state index >= 15 is 0 Å². The van der Waals surface area contributed by atoms with Crippen LogP contribution < -0.4 is 16.6 Å². The first kappa shape index (κ1) is 15.1. The lowest BCUT2D eigenvalue weighted by molar-refractivity contribution is 0.0880. The van der Waals surface area contributed by atoms with E-state index in [1.165, 1.54) is 23.4 Å². The number of carbonyl (C=O) groups excluding carboxylic acids is 2. The van der Waals surface area contributed by atoms with Crippen molar-refractivity contribution in [2.45, 2.75) is 0 Å². The molecular weight excluding hydrogens is 348 g/mol. The van der Waals surface area contributed by atoms with E-state index in [4.69, 9.17) is 17.3 Å². The first-order chi connectivity index (χ1) is 12.0. The number of nitrogen functional groups attached to an aromatic ring is 1. The maximum Gasteiger partial charge on any atom is 0.262 e. The predicted molar refractivity (Wildman–Crippen MR) is 88.2 cm³/mol. The number of hydrogen-bond donors (Lipinski definition) is 2. The van der Waals surface area contributed by atoms with E-state index in [9.17, 15) is 14.4 Å². The molecule has 3 aromatic rings. The molecule has 25 heavy (non-hydrogen) atoms. The van der Waals surface area contributed by atoms with Gasteiger partial charge in [-0.15, -0.1) is 0 Å². The van der Waals surface area contributed by atoms with Crippen molar-refractivity contribution in [1.29, 1.82) is 0 Å². The number of carbonyl (C=O) groups is 2. The SMILES string of the molecule is Nc1c2c(cc(=O)n1-c1cc(Cl)ccc1-n1cncn1)C(=O)NC2=O. The van der Waals surface area contributed by atoms with Crippen LogP contribution in [0.4, 0.5) is 5.82 Å². The Balaban J connectivity index is 2.06. The van der Waals surface area contributed by atoms with E-state index < -0.39 is 17.4 Å². The van der Waals surface area contributed by atoms with Crippen LogP contribution in [0.3, 0.4) is 0 Å². The van der Waals surface area contributed by atoms with Gasteiger partial charge in [-0.2, -0.15) is 5.10 Å². The van der Waals surface area contributed by atoms with Gasteiger partial charge in [0.2, 0.25) is 0 Å². The molecule has 1 aliphatic heterocycles. The normalized spacial score (nSPS) is 13.0. The molecule has 0 saturated heterocycles. The van der Waals surface area contributed by atoms with Crippen LogP contribution in [0.25, 0.3) is 11.4 Å². The van der Waals surface area contributed by atoms with Gasteiger partial charge in [0, 0.05) is 11.1 Å². The second-order valence-corrected chi connectivity index (χ2v) is 5.68. The Labute approximate surface area is 144 Å². The average molecular weight is 357 g/mol. The van der Waals surface area contributed by atoms with Gasteiger partial charge >= 0.3 is 0 Å². The van der Waals surface area contributed by atoms with Crippen molar-refractivity contribution in [2.24, 2.45) is 0 Å². The van der Waals surface area contributed by atoms with Crippen molar-refractivity contribution >= 4 is 29.2 Å². The van der Waals surface area contributed by atoms with Gasteiger partial charge in [0.05, 0.1) is 22.5 Å². The summed E-state index contributed by atoms with van der Waals surface area (Å²) in [6.07, 6.45) is 2.77. The van der Waals surface area contributed by atoms with Crippen molar-refractivity contribution in [2.75, 3.05) is 5.73 Å². The number of halogens is 1. The molecule has 0 bridgehead atoms. The summed E-state index contributed by atoms with van der Waals surface area (Å²) < 4.78 is 2.54. The number of imide groups is 1. The number of hydrogen-bond acceptors (Lipinski definition) is 6. The summed E-state index contributed by atoms with van der Waals surface area (Å²) >= 11 is 6.07. The summed E-state index contributed by atoms with van der Waals surface area (Å²) in [7, 11) is 0. The summed E-state index contributed by atoms with van der Waals surface area (Å²) in [4.78, 5) is 40.2. The van der Waals surface area contributed by atoms with Crippen LogP contribution in [0.2, 0.25) is 5.02 Å². The van der Waals surface area contributed by atoms with Gasteiger partial charge in [-0.3, -0.25) is 24.3 Å². The number of aromatic nitrogens is 4. The Morgan fingerprint density at radius 1 is 1.08 bits per heavy atom. The molecule has 0 aliphatic carbocycles. The van der Waals surface area contributed by atoms with Gasteiger partial charge in [0.15, 0.2) is 0 Å². The highest BCUT2D eigenvalue weighted by atomic mass is 35.5. The fourth-order valence-electron chi connectivity index (χ4n) is 2.73. The van der Waals surface area contributed by atoms with E-state index in [2.05, 4.69) is 15.4 Å². The van der Waals surface area contributed by atoms with E-state index in [0.29, 0.717) is 16.4 Å². The van der Waals surface area contributed by atoms with Crippen molar-refractivity contribution in [3.8, 4) is 11.4 Å². The van der Waals surface area contributed by atoms with E-state index in [1.807, 2.05) is 0 Å². The second-order valence-electron chi connectivity index (χ2n) is 5.25. The van der Waals surface area contributed by atoms with Gasteiger partial charge in [-0.25, -0.2) is 9.67 Å². The first-order valence-electron chi connectivity index (χ1n) is 7.03. The molecule has 2 aromatic heterocycles. The zero-order valence-corrected chi connectivity index (χ0v) is 13.2. The van der Waals surface area contributed by atoms with Crippen LogP contribution in [0.15, 0.2) is 41.7 Å². The molecule has 1 aromatic carbocycles. The first-order valence-corrected chi connectivity index (χ1v) is 7.41. The molecule has 0 fully saturated rings. The zero-order valence-electron chi connectivity index (χ0n) is 12.4. The maximum absolute atomic E-state index is 12.6. The second kappa shape index (κ2) is 5.28. The monoisotopic (exact) mass is 356 g/mol. The number of nitrogens with two attached hydrogens (primary N) is 1. The Kier molecular flexibility index (Phi) is 3.19. The lowest BCUT2D eigenvalue weighted by atomic mass is 10.1. The highest BCUT2D eigenvalue weighted by molar-refractivity contribution is 6.30. The van der Waals surface area contributed by atoms with Crippen LogP contribution in [0, 0.1) is 0 Å². The van der Waals surface area contributed by atoms with E-state index in [1.54, 1.807) is 12.1 Å². The molecule has 0 radical (unpaired) electrons. The molecule has 124 valence electrons. The Bertz CT molecular complexity index is 1100. The number of amides is 2. The number of benzene rings is 1. The molecule has 10 heteroatoms. The minimum atomic E-state index is -0.657. The van der Waals surface area contributed by atoms with Crippen molar-refractivity contribution in [3.63, 3.8) is 0 Å². The Hall–Kier alpha value is -3.46. The molecular formula is C15H9ClN6O3. The quantitative estimate of drug-likeness (QED) is 0.645. The fraction of sp³-hybridized carbons (Fsp3) is 0. The lowest BCUT2D eigenvalue weighted by Crippen LogP contribution is -2.25. The van der Waals surface area contributed by atoms with E-state index in [-0.39, 0.29) is 16.9 Å². The topological polar surface area (TPSA) is 125 Å². The van der Waals surface area contributed by atoms with Crippen LogP contribution in [-0.4, -0.2) is 31.1 Å². The fourth-order valence-corrected chi connectivity index (χ4v) is 2.90. The van der Waals surface area contributed by atoms with Crippen LogP contribution in [0.5, 0.6) is 0 Å². The molecule has 0 spiro atoms. The molecule has 0 saturated carbocycles. The molecule has 0 unspecified atom stereocenters. The Morgan fingerprint density at radius 2 is 1.88 bits per heavy atom. The maximum atomic E-state index is 12.6. The van der Waals surface area contributed by atoms with Crippen molar-refractivity contribution in [1.82, 2.24) is 24.6 Å². The minimum Gasteiger partial charge on any atom is -0.384 e. The zero-order chi connectivity index (χ0) is 17.7. The number of rotatable bonds is 2. The third-order valence-corrected chi connectivity index (χ3v) is 4.03. The number of anilines is 1. The third kappa shape index (κ3) is 2.21. The number of pyridine rings is 1. The highest BCUT2D eigenvalue weighted by Crippen LogP contribution is 2.27. The highest BCUT2D eigenvalue weighted by Gasteiger charge is 2.32. The molecule has 3 heterocycles. The van der Waals surface area contributed by atoms with Gasteiger partial charge in [-0.05, 0) is 18.2 Å².